The second-order valence-electron chi connectivity index (χ2n) is 3.23. The van der Waals surface area contributed by atoms with Gasteiger partial charge in [-0.2, -0.15) is 0 Å². The Bertz CT molecular complexity index is 49.9. The van der Waals surface area contributed by atoms with E-state index in [-0.39, 0.29) is 0 Å². The summed E-state index contributed by atoms with van der Waals surface area (Å²) in [5, 5.41) is 0. The molecule has 0 saturated heterocycles. The van der Waals surface area contributed by atoms with E-state index in [0.717, 1.165) is 0 Å². The van der Waals surface area contributed by atoms with Crippen LogP contribution in [0.25, 0.3) is 0 Å². The molecule has 1 nitrogen and oxygen atoms in total. The summed E-state index contributed by atoms with van der Waals surface area (Å²) in [5.74, 6) is 0. The van der Waals surface area contributed by atoms with Crippen molar-refractivity contribution in [2.24, 2.45) is 0 Å². The molecule has 0 rings (SSSR count). The third-order valence-corrected chi connectivity index (χ3v) is 1.04. The first kappa shape index (κ1) is 13.5. The first-order valence-corrected chi connectivity index (χ1v) is 4.70. The minimum absolute atomic E-state index is 0.375. The molecule has 0 unspecified atom stereocenters. The molecular formula is C10H24O. The zero-order valence-electron chi connectivity index (χ0n) is 8.98. The highest BCUT2D eigenvalue weighted by Gasteiger charge is 1.94. The Kier molecular flexibility index (Phi) is 12.3. The van der Waals surface area contributed by atoms with Gasteiger partial charge in [-0.25, -0.2) is 0 Å². The first-order valence-electron chi connectivity index (χ1n) is 4.70. The van der Waals surface area contributed by atoms with Gasteiger partial charge in [-0.15, -0.1) is 0 Å². The highest BCUT2D eigenvalue weighted by molar-refractivity contribution is 4.40. The number of ether oxygens (including phenoxy) is 1. The lowest BCUT2D eigenvalue weighted by Gasteiger charge is -2.09. The average molecular weight is 160 g/mol. The normalized spacial score (nSPS) is 9.82. The maximum Gasteiger partial charge on any atom is 0.0522 e. The number of hydrogen-bond donors (Lipinski definition) is 0. The van der Waals surface area contributed by atoms with Gasteiger partial charge in [0.1, 0.15) is 0 Å². The molecule has 0 saturated carbocycles. The van der Waals surface area contributed by atoms with E-state index in [1.54, 1.807) is 0 Å². The molecule has 0 bridgehead atoms. The lowest BCUT2D eigenvalue weighted by atomic mass is 10.4. The van der Waals surface area contributed by atoms with Gasteiger partial charge in [0.05, 0.1) is 12.2 Å². The molecule has 0 aliphatic rings. The summed E-state index contributed by atoms with van der Waals surface area (Å²) in [6.45, 7) is 12.5. The molecule has 0 radical (unpaired) electrons. The summed E-state index contributed by atoms with van der Waals surface area (Å²) in [6.07, 6.45) is 3.39. The van der Waals surface area contributed by atoms with Gasteiger partial charge in [0.15, 0.2) is 0 Å². The SMILES string of the molecule is CC(C)OC(C)C.CCCC. The molecule has 0 aliphatic carbocycles. The molecule has 0 fully saturated rings. The van der Waals surface area contributed by atoms with Crippen LogP contribution in [0, 0.1) is 0 Å². The van der Waals surface area contributed by atoms with Gasteiger partial charge >= 0.3 is 0 Å². The molecular weight excluding hydrogens is 136 g/mol. The minimum Gasteiger partial charge on any atom is -0.376 e. The Labute approximate surface area is 72.1 Å². The molecule has 0 amide bonds. The van der Waals surface area contributed by atoms with Crippen LogP contribution in [-0.2, 0) is 4.74 Å². The van der Waals surface area contributed by atoms with E-state index in [0.29, 0.717) is 12.2 Å². The minimum atomic E-state index is 0.375. The molecule has 0 aromatic heterocycles. The Morgan fingerprint density at radius 1 is 0.818 bits per heavy atom. The Morgan fingerprint density at radius 2 is 1.09 bits per heavy atom. The summed E-state index contributed by atoms with van der Waals surface area (Å²) in [4.78, 5) is 0. The number of rotatable bonds is 3. The third kappa shape index (κ3) is 25.7. The van der Waals surface area contributed by atoms with Crippen LogP contribution in [0.4, 0.5) is 0 Å². The van der Waals surface area contributed by atoms with Crippen molar-refractivity contribution in [1.29, 1.82) is 0 Å². The Hall–Kier alpha value is -0.0400. The quantitative estimate of drug-likeness (QED) is 0.612. The van der Waals surface area contributed by atoms with Crippen molar-refractivity contribution in [3.8, 4) is 0 Å². The molecule has 70 valence electrons. The predicted molar refractivity (Wildman–Crippen MR) is 51.9 cm³/mol. The smallest absolute Gasteiger partial charge is 0.0522 e. The molecule has 0 aromatic carbocycles. The Morgan fingerprint density at radius 3 is 1.09 bits per heavy atom. The molecule has 0 atom stereocenters. The molecule has 0 heterocycles. The van der Waals surface area contributed by atoms with E-state index in [4.69, 9.17) is 4.74 Å². The molecule has 1 heteroatoms. The standard InChI is InChI=1S/C6H14O.C4H10/c1-5(2)7-6(3)4;1-3-4-2/h5-6H,1-4H3;3-4H2,1-2H3. The van der Waals surface area contributed by atoms with Crippen molar-refractivity contribution in [3.05, 3.63) is 0 Å². The fraction of sp³-hybridized carbons (Fsp3) is 1.00. The number of hydrogen-bond acceptors (Lipinski definition) is 1. The maximum atomic E-state index is 5.25. The fourth-order valence-corrected chi connectivity index (χ4v) is 0.544. The van der Waals surface area contributed by atoms with E-state index in [1.165, 1.54) is 12.8 Å². The first-order chi connectivity index (χ1) is 5.04. The van der Waals surface area contributed by atoms with E-state index in [9.17, 15) is 0 Å². The summed E-state index contributed by atoms with van der Waals surface area (Å²) in [7, 11) is 0. The Balaban J connectivity index is 0. The summed E-state index contributed by atoms with van der Waals surface area (Å²) >= 11 is 0. The molecule has 0 aliphatic heterocycles. The molecule has 11 heavy (non-hydrogen) atoms. The highest BCUT2D eigenvalue weighted by Crippen LogP contribution is 1.93. The van der Waals surface area contributed by atoms with Crippen LogP contribution in [0.2, 0.25) is 0 Å². The maximum absolute atomic E-state index is 5.25. The predicted octanol–water partition coefficient (Wildman–Crippen LogP) is 3.63. The summed E-state index contributed by atoms with van der Waals surface area (Å²) < 4.78 is 5.25. The lowest BCUT2D eigenvalue weighted by molar-refractivity contribution is 0.0300. The van der Waals surface area contributed by atoms with E-state index in [2.05, 4.69) is 13.8 Å². The molecule has 0 N–H and O–H groups in total. The van der Waals surface area contributed by atoms with Crippen LogP contribution < -0.4 is 0 Å². The van der Waals surface area contributed by atoms with Gasteiger partial charge in [-0.1, -0.05) is 26.7 Å². The van der Waals surface area contributed by atoms with Gasteiger partial charge in [-0.3, -0.25) is 0 Å². The van der Waals surface area contributed by atoms with Gasteiger partial charge < -0.3 is 4.74 Å². The zero-order chi connectivity index (χ0) is 9.28. The van der Waals surface area contributed by atoms with Gasteiger partial charge in [-0.05, 0) is 27.7 Å². The van der Waals surface area contributed by atoms with Crippen LogP contribution in [0.5, 0.6) is 0 Å². The van der Waals surface area contributed by atoms with Gasteiger partial charge in [0.25, 0.3) is 0 Å². The van der Waals surface area contributed by atoms with Crippen molar-refractivity contribution in [1.82, 2.24) is 0 Å². The van der Waals surface area contributed by atoms with Crippen LogP contribution in [0.15, 0.2) is 0 Å². The largest absolute Gasteiger partial charge is 0.376 e. The highest BCUT2D eigenvalue weighted by atomic mass is 16.5. The topological polar surface area (TPSA) is 9.23 Å². The second-order valence-corrected chi connectivity index (χ2v) is 3.23. The number of unbranched alkanes of at least 4 members (excludes halogenated alkanes) is 1. The third-order valence-electron chi connectivity index (χ3n) is 1.04. The van der Waals surface area contributed by atoms with Gasteiger partial charge in [0.2, 0.25) is 0 Å². The van der Waals surface area contributed by atoms with Crippen LogP contribution in [0.3, 0.4) is 0 Å². The van der Waals surface area contributed by atoms with Crippen molar-refractivity contribution < 1.29 is 4.74 Å². The van der Waals surface area contributed by atoms with Gasteiger partial charge in [0, 0.05) is 0 Å². The van der Waals surface area contributed by atoms with Crippen molar-refractivity contribution in [2.75, 3.05) is 0 Å². The van der Waals surface area contributed by atoms with Crippen LogP contribution in [-0.4, -0.2) is 12.2 Å². The summed E-state index contributed by atoms with van der Waals surface area (Å²) in [5.41, 5.74) is 0. The average Bonchev–Trinajstić information content (AvgIpc) is 1.85. The zero-order valence-corrected chi connectivity index (χ0v) is 8.98. The van der Waals surface area contributed by atoms with E-state index in [1.807, 2.05) is 27.7 Å². The van der Waals surface area contributed by atoms with Crippen molar-refractivity contribution in [2.45, 2.75) is 66.6 Å². The second kappa shape index (κ2) is 9.96. The van der Waals surface area contributed by atoms with Crippen molar-refractivity contribution in [3.63, 3.8) is 0 Å². The lowest BCUT2D eigenvalue weighted by Crippen LogP contribution is -2.09. The summed E-state index contributed by atoms with van der Waals surface area (Å²) in [6, 6.07) is 0. The fourth-order valence-electron chi connectivity index (χ4n) is 0.544. The molecule has 0 aromatic rings. The van der Waals surface area contributed by atoms with E-state index < -0.39 is 0 Å². The monoisotopic (exact) mass is 160 g/mol. The van der Waals surface area contributed by atoms with Crippen LogP contribution in [0.1, 0.15) is 54.4 Å². The molecule has 0 spiro atoms. The van der Waals surface area contributed by atoms with Crippen molar-refractivity contribution >= 4 is 0 Å². The van der Waals surface area contributed by atoms with E-state index >= 15 is 0 Å². The van der Waals surface area contributed by atoms with Crippen LogP contribution >= 0.6 is 0 Å².